The molecule has 0 aliphatic carbocycles. The zero-order valence-electron chi connectivity index (χ0n) is 21.5. The van der Waals surface area contributed by atoms with Gasteiger partial charge in [0.2, 0.25) is 5.91 Å². The fourth-order valence-corrected chi connectivity index (χ4v) is 5.27. The molecule has 1 aliphatic heterocycles. The van der Waals surface area contributed by atoms with Gasteiger partial charge >= 0.3 is 3.93 Å². The molecular formula is C28H21F5IN5O3. The van der Waals surface area contributed by atoms with E-state index in [4.69, 9.17) is 10.5 Å². The Morgan fingerprint density at radius 1 is 1.10 bits per heavy atom. The maximum absolute atomic E-state index is 14.2. The predicted molar refractivity (Wildman–Crippen MR) is 148 cm³/mol. The normalized spacial score (nSPS) is 13.6. The average molecular weight is 697 g/mol. The highest BCUT2D eigenvalue weighted by atomic mass is 127. The van der Waals surface area contributed by atoms with Gasteiger partial charge < -0.3 is 15.8 Å². The van der Waals surface area contributed by atoms with Gasteiger partial charge in [-0.2, -0.15) is 13.9 Å². The molecule has 1 aliphatic rings. The molecule has 0 radical (unpaired) electrons. The lowest BCUT2D eigenvalue weighted by molar-refractivity contribution is -0.122. The van der Waals surface area contributed by atoms with Crippen molar-refractivity contribution >= 4 is 34.4 Å². The van der Waals surface area contributed by atoms with Crippen LogP contribution >= 0.6 is 22.6 Å². The summed E-state index contributed by atoms with van der Waals surface area (Å²) in [6, 6.07) is 8.75. The third kappa shape index (κ3) is 6.28. The van der Waals surface area contributed by atoms with Gasteiger partial charge in [-0.15, -0.1) is 0 Å². The first-order valence-electron chi connectivity index (χ1n) is 12.4. The largest absolute Gasteiger partial charge is 0.370 e. The standard InChI is InChI=1S/C28H21F5IN5O3/c29-16-6-14(7-17(30)10-16)8-22(25-18(2-1-5-36-25)15-3-4-21(31)19(9-15)27(35)41)37-24(40)11-39-23-13-42-12-20(23)26(38-39)28(32,33)34/h1-7,9-10,22H,8,11-13H2,(H2,35,41)(H,37,40)/t22-/m0/s1. The van der Waals surface area contributed by atoms with Crippen molar-refractivity contribution in [1.29, 1.82) is 0 Å². The molecule has 4 aromatic rings. The van der Waals surface area contributed by atoms with E-state index in [1.807, 2.05) is 0 Å². The number of hydrogen-bond acceptors (Lipinski definition) is 5. The summed E-state index contributed by atoms with van der Waals surface area (Å²) >= 11 is 0.958. The van der Waals surface area contributed by atoms with Crippen molar-refractivity contribution in [2.24, 2.45) is 5.73 Å². The van der Waals surface area contributed by atoms with Crippen LogP contribution in [0.5, 0.6) is 0 Å². The fraction of sp³-hybridized carbons (Fsp3) is 0.214. The number of primary amides is 1. The van der Waals surface area contributed by atoms with Crippen molar-refractivity contribution < 1.29 is 36.3 Å². The van der Waals surface area contributed by atoms with Gasteiger partial charge in [-0.3, -0.25) is 19.3 Å². The summed E-state index contributed by atoms with van der Waals surface area (Å²) in [4.78, 5) is 29.5. The van der Waals surface area contributed by atoms with Gasteiger partial charge in [0.05, 0.1) is 36.2 Å². The maximum atomic E-state index is 14.2. The van der Waals surface area contributed by atoms with E-state index in [-0.39, 0.29) is 42.0 Å². The molecule has 0 unspecified atom stereocenters. The van der Waals surface area contributed by atoms with Crippen LogP contribution in [0, 0.1) is 17.5 Å². The summed E-state index contributed by atoms with van der Waals surface area (Å²) in [6.07, 6.45) is 1.29. The molecule has 2 aromatic carbocycles. The first kappa shape index (κ1) is 29.6. The monoisotopic (exact) mass is 697 g/mol. The third-order valence-electron chi connectivity index (χ3n) is 6.62. The summed E-state index contributed by atoms with van der Waals surface area (Å²) in [6.45, 7) is -0.538. The minimum Gasteiger partial charge on any atom is -0.370 e. The Morgan fingerprint density at radius 2 is 1.83 bits per heavy atom. The third-order valence-corrected chi connectivity index (χ3v) is 7.13. The molecule has 0 saturated heterocycles. The Labute approximate surface area is 249 Å². The highest BCUT2D eigenvalue weighted by Crippen LogP contribution is 2.39. The molecule has 8 nitrogen and oxygen atoms in total. The summed E-state index contributed by atoms with van der Waals surface area (Å²) in [7, 11) is 0. The van der Waals surface area contributed by atoms with Crippen LogP contribution in [0.4, 0.5) is 22.0 Å². The smallest absolute Gasteiger partial charge is 0.340 e. The molecule has 3 N–H and O–H groups in total. The number of aromatic nitrogens is 3. The van der Waals surface area contributed by atoms with E-state index in [0.29, 0.717) is 22.9 Å². The molecular weight excluding hydrogens is 676 g/mol. The molecule has 5 rings (SSSR count). The SMILES string of the molecule is NC(=O)c1cc(-c2cccnc2[C@H](Cc2cc(F)cc(F)c2)NC(=O)Cn2nc(C(F)(F)I)c3c2COC3)ccc1F. The number of carbonyl (C=O) groups excluding carboxylic acids is 2. The van der Waals surface area contributed by atoms with Crippen molar-refractivity contribution in [3.8, 4) is 11.1 Å². The van der Waals surface area contributed by atoms with Crippen LogP contribution in [0.1, 0.15) is 44.6 Å². The Bertz CT molecular complexity index is 1670. The number of ether oxygens (including phenoxy) is 1. The Morgan fingerprint density at radius 3 is 2.52 bits per heavy atom. The molecule has 0 fully saturated rings. The Hall–Kier alpha value is -3.92. The average Bonchev–Trinajstić information content (AvgIpc) is 3.51. The molecule has 42 heavy (non-hydrogen) atoms. The molecule has 0 spiro atoms. The number of pyridine rings is 1. The van der Waals surface area contributed by atoms with Gasteiger partial charge in [0, 0.05) is 46.0 Å². The number of benzene rings is 2. The molecule has 2 amide bonds. The molecule has 14 heteroatoms. The van der Waals surface area contributed by atoms with Crippen molar-refractivity contribution in [3.63, 3.8) is 0 Å². The van der Waals surface area contributed by atoms with E-state index in [2.05, 4.69) is 15.4 Å². The van der Waals surface area contributed by atoms with Gasteiger partial charge in [-0.25, -0.2) is 13.2 Å². The second-order valence-electron chi connectivity index (χ2n) is 9.52. The van der Waals surface area contributed by atoms with E-state index >= 15 is 0 Å². The minimum atomic E-state index is -3.29. The zero-order valence-corrected chi connectivity index (χ0v) is 23.7. The highest BCUT2D eigenvalue weighted by molar-refractivity contribution is 14.1. The summed E-state index contributed by atoms with van der Waals surface area (Å²) < 4.78 is 73.7. The zero-order chi connectivity index (χ0) is 30.2. The van der Waals surface area contributed by atoms with E-state index in [1.165, 1.54) is 18.3 Å². The molecule has 0 saturated carbocycles. The number of nitrogens with zero attached hydrogens (tertiary/aromatic N) is 3. The van der Waals surface area contributed by atoms with Crippen molar-refractivity contribution in [2.45, 2.75) is 36.2 Å². The molecule has 2 aromatic heterocycles. The minimum absolute atomic E-state index is 0.00845. The van der Waals surface area contributed by atoms with Gasteiger partial charge in [-0.1, -0.05) is 12.1 Å². The maximum Gasteiger partial charge on any atom is 0.340 e. The van der Waals surface area contributed by atoms with Gasteiger partial charge in [0.25, 0.3) is 5.91 Å². The first-order chi connectivity index (χ1) is 19.9. The molecule has 218 valence electrons. The lowest BCUT2D eigenvalue weighted by atomic mass is 9.94. The number of hydrogen-bond donors (Lipinski definition) is 2. The number of rotatable bonds is 9. The lowest BCUT2D eigenvalue weighted by Crippen LogP contribution is -2.34. The summed E-state index contributed by atoms with van der Waals surface area (Å²) in [5, 5.41) is 6.72. The number of nitrogens with one attached hydrogen (secondary N) is 1. The quantitative estimate of drug-likeness (QED) is 0.144. The molecule has 3 heterocycles. The Kier molecular flexibility index (Phi) is 8.28. The second-order valence-corrected chi connectivity index (χ2v) is 10.9. The van der Waals surface area contributed by atoms with Crippen molar-refractivity contribution in [2.75, 3.05) is 0 Å². The first-order valence-corrected chi connectivity index (χ1v) is 13.5. The van der Waals surface area contributed by atoms with Crippen molar-refractivity contribution in [3.05, 3.63) is 106 Å². The topological polar surface area (TPSA) is 112 Å². The van der Waals surface area contributed by atoms with Crippen LogP contribution in [-0.4, -0.2) is 26.6 Å². The van der Waals surface area contributed by atoms with Crippen LogP contribution in [0.3, 0.4) is 0 Å². The van der Waals surface area contributed by atoms with E-state index in [0.717, 1.165) is 45.5 Å². The van der Waals surface area contributed by atoms with Gasteiger partial charge in [0.1, 0.15) is 29.7 Å². The molecule has 1 atom stereocenters. The van der Waals surface area contributed by atoms with Crippen LogP contribution in [0.25, 0.3) is 11.1 Å². The van der Waals surface area contributed by atoms with Gasteiger partial charge in [0.15, 0.2) is 0 Å². The number of fused-ring (bicyclic) bond motifs is 1. The predicted octanol–water partition coefficient (Wildman–Crippen LogP) is 5.08. The lowest BCUT2D eigenvalue weighted by Gasteiger charge is -2.22. The second kappa shape index (κ2) is 11.8. The van der Waals surface area contributed by atoms with Crippen LogP contribution in [0.15, 0.2) is 54.7 Å². The van der Waals surface area contributed by atoms with Gasteiger partial charge in [-0.05, 0) is 47.9 Å². The number of carbonyl (C=O) groups is 2. The van der Waals surface area contributed by atoms with Crippen LogP contribution < -0.4 is 11.1 Å². The highest BCUT2D eigenvalue weighted by Gasteiger charge is 2.38. The number of halogens is 6. The molecule has 0 bridgehead atoms. The fourth-order valence-electron chi connectivity index (χ4n) is 4.83. The number of nitrogens with two attached hydrogens (primary N) is 1. The number of alkyl halides is 3. The van der Waals surface area contributed by atoms with E-state index in [9.17, 15) is 31.5 Å². The van der Waals surface area contributed by atoms with Crippen LogP contribution in [0.2, 0.25) is 0 Å². The van der Waals surface area contributed by atoms with E-state index < -0.39 is 51.5 Å². The number of amides is 2. The Balaban J connectivity index is 1.52. The summed E-state index contributed by atoms with van der Waals surface area (Å²) in [5.74, 6) is -4.15. The van der Waals surface area contributed by atoms with Crippen molar-refractivity contribution in [1.82, 2.24) is 20.1 Å². The summed E-state index contributed by atoms with van der Waals surface area (Å²) in [5.41, 5.74) is 6.13. The van der Waals surface area contributed by atoms with Crippen LogP contribution in [-0.2, 0) is 39.6 Å². The van der Waals surface area contributed by atoms with E-state index in [1.54, 1.807) is 12.1 Å².